The summed E-state index contributed by atoms with van der Waals surface area (Å²) < 4.78 is 32.9. The molecule has 0 aromatic heterocycles. The van der Waals surface area contributed by atoms with E-state index in [4.69, 9.17) is 48.8 Å². The molecule has 238 valence electrons. The number of anilines is 2. The van der Waals surface area contributed by atoms with Crippen LogP contribution < -0.4 is 29.9 Å². The number of hydrazine groups is 2. The molecule has 1 aliphatic heterocycles. The Bertz CT molecular complexity index is 1240. The van der Waals surface area contributed by atoms with Gasteiger partial charge < -0.3 is 43.7 Å². The Morgan fingerprint density at radius 1 is 0.500 bits per heavy atom. The molecular formula is C31H40N4O9. The van der Waals surface area contributed by atoms with Gasteiger partial charge in [0.15, 0.2) is 5.84 Å². The number of ether oxygens (including phenoxy) is 6. The zero-order chi connectivity index (χ0) is 30.8. The summed E-state index contributed by atoms with van der Waals surface area (Å²) in [4.78, 5) is 0. The molecule has 0 spiro atoms. The Hall–Kier alpha value is -4.11. The number of amidine groups is 1. The Kier molecular flexibility index (Phi) is 13.8. The smallest absolute Gasteiger partial charge is 0.176 e. The minimum absolute atomic E-state index is 0.0171. The fraction of sp³-hybridized carbons (Fsp3) is 0.387. The van der Waals surface area contributed by atoms with Crippen LogP contribution >= 0.6 is 0 Å². The van der Waals surface area contributed by atoms with Crippen LogP contribution in [0.2, 0.25) is 0 Å². The second-order valence-electron chi connectivity index (χ2n) is 9.23. The number of aliphatic hydroxyl groups is 3. The summed E-state index contributed by atoms with van der Waals surface area (Å²) in [5, 5.41) is 34.9. The highest BCUT2D eigenvalue weighted by Crippen LogP contribution is 2.29. The number of benzene rings is 3. The maximum absolute atomic E-state index is 8.83. The summed E-state index contributed by atoms with van der Waals surface area (Å²) >= 11 is 0. The van der Waals surface area contributed by atoms with Gasteiger partial charge >= 0.3 is 0 Å². The van der Waals surface area contributed by atoms with E-state index in [1.165, 1.54) is 0 Å². The highest BCUT2D eigenvalue weighted by atomic mass is 16.5. The van der Waals surface area contributed by atoms with Crippen LogP contribution in [0.15, 0.2) is 77.9 Å². The monoisotopic (exact) mass is 612 g/mol. The summed E-state index contributed by atoms with van der Waals surface area (Å²) in [6.07, 6.45) is 0. The molecule has 0 saturated carbocycles. The first kappa shape index (κ1) is 32.8. The van der Waals surface area contributed by atoms with Crippen LogP contribution in [0.3, 0.4) is 0 Å². The third-order valence-corrected chi connectivity index (χ3v) is 6.07. The van der Waals surface area contributed by atoms with Crippen molar-refractivity contribution in [2.45, 2.75) is 0 Å². The van der Waals surface area contributed by atoms with Gasteiger partial charge in [-0.25, -0.2) is 0 Å². The van der Waals surface area contributed by atoms with Gasteiger partial charge in [0, 0.05) is 5.56 Å². The minimum atomic E-state index is -0.0206. The predicted octanol–water partition coefficient (Wildman–Crippen LogP) is 1.96. The van der Waals surface area contributed by atoms with Gasteiger partial charge in [-0.05, 0) is 72.8 Å². The Balaban J connectivity index is 1.45. The summed E-state index contributed by atoms with van der Waals surface area (Å²) in [5.74, 6) is 2.70. The van der Waals surface area contributed by atoms with Crippen LogP contribution in [0.5, 0.6) is 17.2 Å². The molecule has 0 unspecified atom stereocenters. The fourth-order valence-electron chi connectivity index (χ4n) is 4.00. The van der Waals surface area contributed by atoms with Crippen LogP contribution in [0.25, 0.3) is 0 Å². The van der Waals surface area contributed by atoms with Crippen LogP contribution in [0, 0.1) is 0 Å². The molecule has 0 aliphatic carbocycles. The maximum Gasteiger partial charge on any atom is 0.176 e. The number of nitrogens with one attached hydrogen (secondary N) is 1. The summed E-state index contributed by atoms with van der Waals surface area (Å²) in [7, 11) is 0. The van der Waals surface area contributed by atoms with Crippen LogP contribution in [-0.2, 0) is 14.2 Å². The molecule has 0 fully saturated rings. The molecule has 44 heavy (non-hydrogen) atoms. The summed E-state index contributed by atoms with van der Waals surface area (Å²) in [6.45, 7) is 3.08. The number of rotatable bonds is 21. The summed E-state index contributed by atoms with van der Waals surface area (Å²) in [6, 6.07) is 22.7. The third kappa shape index (κ3) is 10.3. The first-order valence-corrected chi connectivity index (χ1v) is 14.4. The first-order chi connectivity index (χ1) is 21.7. The molecule has 0 saturated heterocycles. The van der Waals surface area contributed by atoms with Crippen LogP contribution in [0.4, 0.5) is 11.4 Å². The van der Waals surface area contributed by atoms with Gasteiger partial charge in [-0.2, -0.15) is 10.2 Å². The van der Waals surface area contributed by atoms with Crippen molar-refractivity contribution in [1.29, 1.82) is 0 Å². The standard InChI is InChI=1S/C31H40N4O9/c36-13-16-39-19-22-42-28-7-1-25(2-8-28)31-32-34(26-3-9-29(10-4-26)43-23-20-40-17-14-37)35(33-31)27-5-11-30(12-6-27)44-24-21-41-18-15-38/h1-12,36-38H,13-24H2,(H,32,33). The van der Waals surface area contributed by atoms with Crippen molar-refractivity contribution >= 4 is 17.2 Å². The van der Waals surface area contributed by atoms with E-state index in [-0.39, 0.29) is 39.6 Å². The van der Waals surface area contributed by atoms with E-state index < -0.39 is 0 Å². The lowest BCUT2D eigenvalue weighted by atomic mass is 10.2. The van der Waals surface area contributed by atoms with E-state index in [0.717, 1.165) is 16.9 Å². The van der Waals surface area contributed by atoms with Gasteiger partial charge in [-0.1, -0.05) is 0 Å². The maximum atomic E-state index is 8.83. The molecule has 1 heterocycles. The molecule has 13 nitrogen and oxygen atoms in total. The van der Waals surface area contributed by atoms with Gasteiger partial charge in [0.1, 0.15) is 37.1 Å². The van der Waals surface area contributed by atoms with Crippen molar-refractivity contribution < 1.29 is 43.7 Å². The fourth-order valence-corrected chi connectivity index (χ4v) is 4.00. The van der Waals surface area contributed by atoms with E-state index in [0.29, 0.717) is 62.7 Å². The normalized spacial score (nSPS) is 12.7. The lowest BCUT2D eigenvalue weighted by molar-refractivity contribution is 0.0705. The van der Waals surface area contributed by atoms with Gasteiger partial charge in [0.2, 0.25) is 0 Å². The number of hydrazone groups is 1. The van der Waals surface area contributed by atoms with Gasteiger partial charge in [-0.15, -0.1) is 5.10 Å². The van der Waals surface area contributed by atoms with Gasteiger partial charge in [0.25, 0.3) is 0 Å². The van der Waals surface area contributed by atoms with Crippen LogP contribution in [0.1, 0.15) is 5.56 Å². The highest BCUT2D eigenvalue weighted by molar-refractivity contribution is 6.02. The van der Waals surface area contributed by atoms with Crippen molar-refractivity contribution in [2.24, 2.45) is 5.10 Å². The van der Waals surface area contributed by atoms with E-state index in [9.17, 15) is 0 Å². The van der Waals surface area contributed by atoms with E-state index in [1.54, 1.807) is 5.12 Å². The second kappa shape index (κ2) is 18.5. The van der Waals surface area contributed by atoms with Gasteiger partial charge in [-0.3, -0.25) is 5.43 Å². The SMILES string of the molecule is OCCOCCOc1ccc(C2=NN(c3ccc(OCCOCCO)cc3)N(c3ccc(OCCOCCO)cc3)N2)cc1. The number of hydrogen-bond acceptors (Lipinski definition) is 13. The first-order valence-electron chi connectivity index (χ1n) is 14.4. The van der Waals surface area contributed by atoms with Crippen molar-refractivity contribution in [3.05, 3.63) is 78.4 Å². The molecule has 0 amide bonds. The highest BCUT2D eigenvalue weighted by Gasteiger charge is 2.26. The Labute approximate surface area is 256 Å². The predicted molar refractivity (Wildman–Crippen MR) is 164 cm³/mol. The number of nitrogens with zero attached hydrogens (tertiary/aromatic N) is 3. The molecule has 0 radical (unpaired) electrons. The largest absolute Gasteiger partial charge is 0.491 e. The zero-order valence-corrected chi connectivity index (χ0v) is 24.5. The van der Waals surface area contributed by atoms with Crippen molar-refractivity contribution in [2.75, 3.05) is 89.5 Å². The number of hydrogen-bond donors (Lipinski definition) is 4. The molecule has 4 N–H and O–H groups in total. The average molecular weight is 613 g/mol. The molecule has 13 heteroatoms. The van der Waals surface area contributed by atoms with Crippen molar-refractivity contribution in [3.8, 4) is 17.2 Å². The minimum Gasteiger partial charge on any atom is -0.491 e. The van der Waals surface area contributed by atoms with Crippen LogP contribution in [-0.4, -0.2) is 100 Å². The molecule has 4 rings (SSSR count). The molecule has 0 atom stereocenters. The molecular weight excluding hydrogens is 572 g/mol. The van der Waals surface area contributed by atoms with Crippen molar-refractivity contribution in [1.82, 2.24) is 5.43 Å². The average Bonchev–Trinajstić information content (AvgIpc) is 3.51. The van der Waals surface area contributed by atoms with Crippen molar-refractivity contribution in [3.63, 3.8) is 0 Å². The molecule has 1 aliphatic rings. The lowest BCUT2D eigenvalue weighted by Crippen LogP contribution is -2.44. The van der Waals surface area contributed by atoms with E-state index >= 15 is 0 Å². The second-order valence-corrected chi connectivity index (χ2v) is 9.23. The van der Waals surface area contributed by atoms with E-state index in [2.05, 4.69) is 5.43 Å². The number of aliphatic hydroxyl groups excluding tert-OH is 3. The van der Waals surface area contributed by atoms with E-state index in [1.807, 2.05) is 77.9 Å². The quantitative estimate of drug-likeness (QED) is 0.130. The zero-order valence-electron chi connectivity index (χ0n) is 24.5. The summed E-state index contributed by atoms with van der Waals surface area (Å²) in [5.41, 5.74) is 5.85. The molecule has 3 aromatic carbocycles. The third-order valence-electron chi connectivity index (χ3n) is 6.07. The molecule has 3 aromatic rings. The Morgan fingerprint density at radius 3 is 1.34 bits per heavy atom. The topological polar surface area (TPSA) is 147 Å². The molecule has 0 bridgehead atoms. The Morgan fingerprint density at radius 2 is 0.909 bits per heavy atom. The van der Waals surface area contributed by atoms with Gasteiger partial charge in [0.05, 0.1) is 70.8 Å². The lowest BCUT2D eigenvalue weighted by Gasteiger charge is -2.28.